The number of nitrogens with zero attached hydrogens (tertiary/aromatic N) is 3. The van der Waals surface area contributed by atoms with E-state index in [2.05, 4.69) is 15.6 Å². The minimum Gasteiger partial charge on any atom is -0.341 e. The van der Waals surface area contributed by atoms with Crippen LogP contribution >= 0.6 is 34.8 Å². The molecule has 2 aromatic rings. The molecule has 0 aliphatic heterocycles. The van der Waals surface area contributed by atoms with Crippen molar-refractivity contribution >= 4 is 40.7 Å². The maximum absolute atomic E-state index is 12.4. The van der Waals surface area contributed by atoms with Gasteiger partial charge >= 0.3 is 0 Å². The van der Waals surface area contributed by atoms with E-state index in [-0.39, 0.29) is 5.91 Å². The highest BCUT2D eigenvalue weighted by Crippen LogP contribution is 2.22. The molecule has 0 aliphatic rings. The van der Waals surface area contributed by atoms with Crippen molar-refractivity contribution in [3.63, 3.8) is 0 Å². The molecule has 118 valence electrons. The van der Waals surface area contributed by atoms with Gasteiger partial charge in [0.15, 0.2) is 0 Å². The highest BCUT2D eigenvalue weighted by atomic mass is 35.5. The van der Waals surface area contributed by atoms with Crippen LogP contribution in [0, 0.1) is 0 Å². The van der Waals surface area contributed by atoms with Gasteiger partial charge < -0.3 is 5.32 Å². The first-order valence-corrected chi connectivity index (χ1v) is 7.86. The van der Waals surface area contributed by atoms with Gasteiger partial charge in [0.25, 0.3) is 5.91 Å². The fourth-order valence-electron chi connectivity index (χ4n) is 1.89. The molecule has 0 unspecified atom stereocenters. The number of halogens is 3. The van der Waals surface area contributed by atoms with E-state index in [0.29, 0.717) is 33.7 Å². The predicted octanol–water partition coefficient (Wildman–Crippen LogP) is 3.49. The molecular formula is C14H15Cl3N4O. The summed E-state index contributed by atoms with van der Waals surface area (Å²) >= 11 is 17.5. The molecular weight excluding hydrogens is 347 g/mol. The van der Waals surface area contributed by atoms with E-state index >= 15 is 0 Å². The summed E-state index contributed by atoms with van der Waals surface area (Å²) in [7, 11) is 0. The van der Waals surface area contributed by atoms with E-state index in [1.807, 2.05) is 13.8 Å². The maximum atomic E-state index is 12.4. The van der Waals surface area contributed by atoms with Crippen LogP contribution < -0.4 is 5.32 Å². The molecule has 5 nitrogen and oxygen atoms in total. The summed E-state index contributed by atoms with van der Waals surface area (Å²) in [5.74, 6) is 0.151. The number of aryl methyl sites for hydroxylation is 1. The Hall–Kier alpha value is -1.30. The molecule has 22 heavy (non-hydrogen) atoms. The number of aromatic nitrogens is 3. The van der Waals surface area contributed by atoms with Gasteiger partial charge in [0.2, 0.25) is 0 Å². The van der Waals surface area contributed by atoms with Gasteiger partial charge in [-0.15, -0.1) is 16.7 Å². The van der Waals surface area contributed by atoms with Crippen LogP contribution in [0.3, 0.4) is 0 Å². The Morgan fingerprint density at radius 3 is 2.50 bits per heavy atom. The quantitative estimate of drug-likeness (QED) is 0.829. The zero-order chi connectivity index (χ0) is 16.3. The van der Waals surface area contributed by atoms with Crippen molar-refractivity contribution in [2.45, 2.75) is 25.9 Å². The predicted molar refractivity (Wildman–Crippen MR) is 87.7 cm³/mol. The lowest BCUT2D eigenvalue weighted by Gasteiger charge is -2.23. The topological polar surface area (TPSA) is 59.8 Å². The van der Waals surface area contributed by atoms with Gasteiger partial charge in [-0.25, -0.2) is 0 Å². The Balaban J connectivity index is 2.17. The number of hydrogen-bond donors (Lipinski definition) is 1. The van der Waals surface area contributed by atoms with Crippen molar-refractivity contribution in [1.82, 2.24) is 20.3 Å². The molecule has 0 fully saturated rings. The number of hydrogen-bond acceptors (Lipinski definition) is 3. The van der Waals surface area contributed by atoms with E-state index in [9.17, 15) is 4.79 Å². The van der Waals surface area contributed by atoms with Gasteiger partial charge in [-0.2, -0.15) is 0 Å². The number of benzene rings is 1. The second-order valence-corrected chi connectivity index (χ2v) is 6.54. The lowest BCUT2D eigenvalue weighted by atomic mass is 10.0. The molecule has 1 heterocycles. The highest BCUT2D eigenvalue weighted by Gasteiger charge is 2.27. The normalized spacial score (nSPS) is 11.5. The Morgan fingerprint density at radius 2 is 1.91 bits per heavy atom. The van der Waals surface area contributed by atoms with E-state index < -0.39 is 5.54 Å². The zero-order valence-electron chi connectivity index (χ0n) is 12.1. The van der Waals surface area contributed by atoms with Gasteiger partial charge in [-0.05, 0) is 32.0 Å². The van der Waals surface area contributed by atoms with Crippen LogP contribution in [0.15, 0.2) is 24.4 Å². The fraction of sp³-hybridized carbons (Fsp3) is 0.357. The van der Waals surface area contributed by atoms with Crippen LogP contribution in [0.2, 0.25) is 10.0 Å². The first kappa shape index (κ1) is 17.1. The van der Waals surface area contributed by atoms with E-state index in [4.69, 9.17) is 34.8 Å². The average Bonchev–Trinajstić information content (AvgIpc) is 2.87. The van der Waals surface area contributed by atoms with Crippen LogP contribution in [0.25, 0.3) is 0 Å². The van der Waals surface area contributed by atoms with Crippen molar-refractivity contribution < 1.29 is 4.79 Å². The van der Waals surface area contributed by atoms with Crippen molar-refractivity contribution in [2.24, 2.45) is 0 Å². The Bertz CT molecular complexity index is 664. The maximum Gasteiger partial charge on any atom is 0.252 e. The molecule has 0 atom stereocenters. The molecule has 1 N–H and O–H groups in total. The van der Waals surface area contributed by atoms with E-state index in [1.54, 1.807) is 29.1 Å². The summed E-state index contributed by atoms with van der Waals surface area (Å²) in [6.07, 6.45) is 1.76. The van der Waals surface area contributed by atoms with Crippen LogP contribution in [0.4, 0.5) is 0 Å². The molecule has 0 saturated carbocycles. The SMILES string of the molecule is CC(C)(NC(=O)c1cc(Cl)cc(Cl)c1)c1cn(CCCl)nn1. The first-order chi connectivity index (χ1) is 10.3. The number of nitrogens with one attached hydrogen (secondary N) is 1. The minimum absolute atomic E-state index is 0.290. The first-order valence-electron chi connectivity index (χ1n) is 6.57. The molecule has 0 bridgehead atoms. The Morgan fingerprint density at radius 1 is 1.27 bits per heavy atom. The minimum atomic E-state index is -0.698. The molecule has 1 aromatic heterocycles. The summed E-state index contributed by atoms with van der Waals surface area (Å²) in [5, 5.41) is 11.8. The third kappa shape index (κ3) is 4.12. The second-order valence-electron chi connectivity index (χ2n) is 5.29. The molecule has 0 spiro atoms. The van der Waals surface area contributed by atoms with Crippen molar-refractivity contribution in [3.05, 3.63) is 45.7 Å². The van der Waals surface area contributed by atoms with Crippen molar-refractivity contribution in [3.8, 4) is 0 Å². The third-order valence-electron chi connectivity index (χ3n) is 3.04. The summed E-state index contributed by atoms with van der Waals surface area (Å²) in [6, 6.07) is 4.69. The highest BCUT2D eigenvalue weighted by molar-refractivity contribution is 6.35. The molecule has 0 saturated heterocycles. The largest absolute Gasteiger partial charge is 0.341 e. The Labute approximate surface area is 143 Å². The van der Waals surface area contributed by atoms with E-state index in [1.165, 1.54) is 0 Å². The molecule has 8 heteroatoms. The third-order valence-corrected chi connectivity index (χ3v) is 3.65. The molecule has 1 amide bonds. The molecule has 2 rings (SSSR count). The standard InChI is InChI=1S/C14H15Cl3N4O/c1-14(2,12-8-21(4-3-15)20-19-12)18-13(22)9-5-10(16)7-11(17)6-9/h5-8H,3-4H2,1-2H3,(H,18,22). The summed E-state index contributed by atoms with van der Waals surface area (Å²) in [6.45, 7) is 4.24. The van der Waals surface area contributed by atoms with Gasteiger partial charge in [-0.3, -0.25) is 9.48 Å². The van der Waals surface area contributed by atoms with Gasteiger partial charge in [0, 0.05) is 21.5 Å². The van der Waals surface area contributed by atoms with Crippen LogP contribution in [-0.2, 0) is 12.1 Å². The Kier molecular flexibility index (Phi) is 5.32. The van der Waals surface area contributed by atoms with Crippen molar-refractivity contribution in [1.29, 1.82) is 0 Å². The zero-order valence-corrected chi connectivity index (χ0v) is 14.4. The number of carbonyl (C=O) groups is 1. The van der Waals surface area contributed by atoms with Gasteiger partial charge in [0.05, 0.1) is 18.3 Å². The number of carbonyl (C=O) groups excluding carboxylic acids is 1. The molecule has 1 aromatic carbocycles. The summed E-state index contributed by atoms with van der Waals surface area (Å²) in [4.78, 5) is 12.4. The van der Waals surface area contributed by atoms with Gasteiger partial charge in [0.1, 0.15) is 5.69 Å². The molecule has 0 aliphatic carbocycles. The van der Waals surface area contributed by atoms with Crippen LogP contribution in [0.5, 0.6) is 0 Å². The van der Waals surface area contributed by atoms with Gasteiger partial charge in [-0.1, -0.05) is 28.4 Å². The molecule has 0 radical (unpaired) electrons. The second kappa shape index (κ2) is 6.86. The fourth-order valence-corrected chi connectivity index (χ4v) is 2.58. The number of amides is 1. The average molecular weight is 362 g/mol. The monoisotopic (exact) mass is 360 g/mol. The number of alkyl halides is 1. The lowest BCUT2D eigenvalue weighted by molar-refractivity contribution is 0.0910. The lowest BCUT2D eigenvalue weighted by Crippen LogP contribution is -2.41. The van der Waals surface area contributed by atoms with E-state index in [0.717, 1.165) is 0 Å². The van der Waals surface area contributed by atoms with Crippen LogP contribution in [-0.4, -0.2) is 26.8 Å². The van der Waals surface area contributed by atoms with Crippen LogP contribution in [0.1, 0.15) is 29.9 Å². The summed E-state index contributed by atoms with van der Waals surface area (Å²) < 4.78 is 1.63. The van der Waals surface area contributed by atoms with Crippen molar-refractivity contribution in [2.75, 3.05) is 5.88 Å². The summed E-state index contributed by atoms with van der Waals surface area (Å²) in [5.41, 5.74) is 0.328. The number of rotatable bonds is 5. The smallest absolute Gasteiger partial charge is 0.252 e.